The number of hydrogen-bond acceptors (Lipinski definition) is 1. The van der Waals surface area contributed by atoms with Crippen LogP contribution in [0.4, 0.5) is 5.69 Å². The maximum Gasteiger partial charge on any atom is 0.224 e. The van der Waals surface area contributed by atoms with Crippen LogP contribution in [0.1, 0.15) is 32.3 Å². The molecule has 1 aromatic rings. The van der Waals surface area contributed by atoms with Crippen molar-refractivity contribution in [2.24, 2.45) is 0 Å². The molecule has 2 heteroatoms. The lowest BCUT2D eigenvalue weighted by molar-refractivity contribution is -0.116. The molecule has 0 bridgehead atoms. The van der Waals surface area contributed by atoms with Crippen LogP contribution >= 0.6 is 0 Å². The van der Waals surface area contributed by atoms with E-state index < -0.39 is 0 Å². The maximum atomic E-state index is 11.6. The standard InChI is InChI=1S/C13H17NO/c1-3-6-12-9-11-7-4-5-8-13(11)14(12)10(2)15/h4-5,7-8,12H,3,6,9H2,1-2H3/t12-/m1/s1. The van der Waals surface area contributed by atoms with E-state index in [9.17, 15) is 4.79 Å². The number of fused-ring (bicyclic) bond motifs is 1. The summed E-state index contributed by atoms with van der Waals surface area (Å²) in [4.78, 5) is 13.6. The average Bonchev–Trinajstić information content (AvgIpc) is 2.56. The van der Waals surface area contributed by atoms with E-state index in [0.717, 1.165) is 24.9 Å². The number of rotatable bonds is 2. The van der Waals surface area contributed by atoms with Crippen LogP contribution in [0.25, 0.3) is 0 Å². The lowest BCUT2D eigenvalue weighted by atomic mass is 10.1. The fourth-order valence-corrected chi connectivity index (χ4v) is 2.45. The van der Waals surface area contributed by atoms with Gasteiger partial charge < -0.3 is 4.90 Å². The summed E-state index contributed by atoms with van der Waals surface area (Å²) in [6.07, 6.45) is 3.24. The Labute approximate surface area is 90.9 Å². The van der Waals surface area contributed by atoms with Crippen LogP contribution < -0.4 is 4.90 Å². The summed E-state index contributed by atoms with van der Waals surface area (Å²) in [5.74, 6) is 0.165. The van der Waals surface area contributed by atoms with Crippen molar-refractivity contribution in [1.29, 1.82) is 0 Å². The topological polar surface area (TPSA) is 20.3 Å². The molecule has 0 radical (unpaired) electrons. The summed E-state index contributed by atoms with van der Waals surface area (Å²) >= 11 is 0. The van der Waals surface area contributed by atoms with E-state index in [1.165, 1.54) is 5.56 Å². The van der Waals surface area contributed by atoms with Crippen molar-refractivity contribution < 1.29 is 4.79 Å². The zero-order valence-corrected chi connectivity index (χ0v) is 9.36. The molecule has 0 unspecified atom stereocenters. The normalized spacial score (nSPS) is 19.1. The van der Waals surface area contributed by atoms with Gasteiger partial charge in [0.25, 0.3) is 0 Å². The molecule has 0 saturated carbocycles. The summed E-state index contributed by atoms with van der Waals surface area (Å²) < 4.78 is 0. The second-order valence-electron chi connectivity index (χ2n) is 4.16. The lowest BCUT2D eigenvalue weighted by Gasteiger charge is -2.23. The first-order valence-corrected chi connectivity index (χ1v) is 5.61. The summed E-state index contributed by atoms with van der Waals surface area (Å²) in [5, 5.41) is 0. The quantitative estimate of drug-likeness (QED) is 0.723. The van der Waals surface area contributed by atoms with E-state index in [-0.39, 0.29) is 5.91 Å². The molecule has 1 amide bonds. The second kappa shape index (κ2) is 4.05. The number of carbonyl (C=O) groups is 1. The van der Waals surface area contributed by atoms with Crippen molar-refractivity contribution >= 4 is 11.6 Å². The minimum absolute atomic E-state index is 0.165. The van der Waals surface area contributed by atoms with Gasteiger partial charge in [-0.25, -0.2) is 0 Å². The highest BCUT2D eigenvalue weighted by atomic mass is 16.2. The van der Waals surface area contributed by atoms with Crippen molar-refractivity contribution in [2.75, 3.05) is 4.90 Å². The molecule has 0 N–H and O–H groups in total. The summed E-state index contributed by atoms with van der Waals surface area (Å²) in [6, 6.07) is 8.60. The summed E-state index contributed by atoms with van der Waals surface area (Å²) in [7, 11) is 0. The molecule has 2 nitrogen and oxygen atoms in total. The fourth-order valence-electron chi connectivity index (χ4n) is 2.45. The molecule has 1 heterocycles. The van der Waals surface area contributed by atoms with E-state index in [1.807, 2.05) is 23.1 Å². The number of para-hydroxylation sites is 1. The van der Waals surface area contributed by atoms with Crippen LogP contribution in [-0.2, 0) is 11.2 Å². The van der Waals surface area contributed by atoms with Crippen LogP contribution in [-0.4, -0.2) is 11.9 Å². The number of benzene rings is 1. The molecule has 0 fully saturated rings. The molecule has 0 saturated heterocycles. The van der Waals surface area contributed by atoms with Crippen LogP contribution in [0, 0.1) is 0 Å². The number of hydrogen-bond donors (Lipinski definition) is 0. The molecule has 1 aliphatic heterocycles. The first kappa shape index (κ1) is 10.2. The van der Waals surface area contributed by atoms with Gasteiger partial charge in [-0.1, -0.05) is 31.5 Å². The third kappa shape index (κ3) is 1.76. The van der Waals surface area contributed by atoms with E-state index >= 15 is 0 Å². The molecule has 1 aromatic carbocycles. The third-order valence-corrected chi connectivity index (χ3v) is 3.03. The van der Waals surface area contributed by atoms with Crippen LogP contribution in [0.2, 0.25) is 0 Å². The van der Waals surface area contributed by atoms with Crippen molar-refractivity contribution in [3.63, 3.8) is 0 Å². The van der Waals surface area contributed by atoms with Gasteiger partial charge in [-0.2, -0.15) is 0 Å². The number of nitrogens with zero attached hydrogens (tertiary/aromatic N) is 1. The largest absolute Gasteiger partial charge is 0.309 e. The van der Waals surface area contributed by atoms with Gasteiger partial charge in [0.05, 0.1) is 0 Å². The van der Waals surface area contributed by atoms with Crippen LogP contribution in [0.3, 0.4) is 0 Å². The van der Waals surface area contributed by atoms with Crippen LogP contribution in [0.15, 0.2) is 24.3 Å². The van der Waals surface area contributed by atoms with E-state index in [4.69, 9.17) is 0 Å². The Balaban J connectivity index is 2.33. The monoisotopic (exact) mass is 203 g/mol. The number of amides is 1. The molecule has 1 atom stereocenters. The summed E-state index contributed by atoms with van der Waals surface area (Å²) in [5.41, 5.74) is 2.43. The van der Waals surface area contributed by atoms with E-state index in [0.29, 0.717) is 6.04 Å². The molecule has 1 aliphatic rings. The highest BCUT2D eigenvalue weighted by molar-refractivity contribution is 5.94. The van der Waals surface area contributed by atoms with Gasteiger partial charge in [0.15, 0.2) is 0 Å². The Kier molecular flexibility index (Phi) is 2.76. The van der Waals surface area contributed by atoms with Gasteiger partial charge in [-0.3, -0.25) is 4.79 Å². The van der Waals surface area contributed by atoms with Crippen molar-refractivity contribution in [1.82, 2.24) is 0 Å². The summed E-state index contributed by atoms with van der Waals surface area (Å²) in [6.45, 7) is 3.83. The first-order chi connectivity index (χ1) is 7.24. The lowest BCUT2D eigenvalue weighted by Crippen LogP contribution is -2.35. The van der Waals surface area contributed by atoms with E-state index in [1.54, 1.807) is 6.92 Å². The van der Waals surface area contributed by atoms with Gasteiger partial charge in [0, 0.05) is 18.7 Å². The third-order valence-electron chi connectivity index (χ3n) is 3.03. The molecule has 2 rings (SSSR count). The van der Waals surface area contributed by atoms with Gasteiger partial charge in [-0.15, -0.1) is 0 Å². The van der Waals surface area contributed by atoms with Gasteiger partial charge in [0.1, 0.15) is 0 Å². The second-order valence-corrected chi connectivity index (χ2v) is 4.16. The van der Waals surface area contributed by atoms with Crippen molar-refractivity contribution in [3.8, 4) is 0 Å². The Morgan fingerprint density at radius 1 is 1.47 bits per heavy atom. The zero-order valence-electron chi connectivity index (χ0n) is 9.36. The Morgan fingerprint density at radius 2 is 2.20 bits per heavy atom. The minimum Gasteiger partial charge on any atom is -0.309 e. The minimum atomic E-state index is 0.165. The van der Waals surface area contributed by atoms with Gasteiger partial charge in [-0.05, 0) is 24.5 Å². The highest BCUT2D eigenvalue weighted by Gasteiger charge is 2.30. The van der Waals surface area contributed by atoms with Crippen LogP contribution in [0.5, 0.6) is 0 Å². The highest BCUT2D eigenvalue weighted by Crippen LogP contribution is 2.33. The number of anilines is 1. The molecule has 0 spiro atoms. The maximum absolute atomic E-state index is 11.6. The average molecular weight is 203 g/mol. The Hall–Kier alpha value is -1.31. The molecule has 15 heavy (non-hydrogen) atoms. The first-order valence-electron chi connectivity index (χ1n) is 5.61. The predicted molar refractivity (Wildman–Crippen MR) is 62.0 cm³/mol. The Morgan fingerprint density at radius 3 is 2.87 bits per heavy atom. The molecule has 0 aromatic heterocycles. The fraction of sp³-hybridized carbons (Fsp3) is 0.462. The molecular weight excluding hydrogens is 186 g/mol. The van der Waals surface area contributed by atoms with E-state index in [2.05, 4.69) is 13.0 Å². The predicted octanol–water partition coefficient (Wildman–Crippen LogP) is 2.76. The van der Waals surface area contributed by atoms with Gasteiger partial charge in [0.2, 0.25) is 5.91 Å². The molecular formula is C13H17NO. The Bertz CT molecular complexity index is 373. The smallest absolute Gasteiger partial charge is 0.224 e. The number of carbonyl (C=O) groups excluding carboxylic acids is 1. The van der Waals surface area contributed by atoms with Gasteiger partial charge >= 0.3 is 0 Å². The zero-order chi connectivity index (χ0) is 10.8. The van der Waals surface area contributed by atoms with Crippen molar-refractivity contribution in [2.45, 2.75) is 39.2 Å². The molecule has 80 valence electrons. The van der Waals surface area contributed by atoms with Crippen molar-refractivity contribution in [3.05, 3.63) is 29.8 Å². The molecule has 0 aliphatic carbocycles. The SMILES string of the molecule is CCC[C@@H]1Cc2ccccc2N1C(C)=O.